The van der Waals surface area contributed by atoms with Crippen LogP contribution in [0.2, 0.25) is 0 Å². The molecule has 0 aromatic carbocycles. The molecule has 4 atom stereocenters. The highest BCUT2D eigenvalue weighted by Crippen LogP contribution is 2.54. The van der Waals surface area contributed by atoms with Crippen molar-refractivity contribution in [3.8, 4) is 0 Å². The number of fused-ring (bicyclic) bond motifs is 1. The molecular weight excluding hydrogens is 240 g/mol. The van der Waals surface area contributed by atoms with E-state index in [-0.39, 0.29) is 23.4 Å². The van der Waals surface area contributed by atoms with Crippen LogP contribution in [0, 0.1) is 17.3 Å². The maximum atomic E-state index is 11.9. The fourth-order valence-electron chi connectivity index (χ4n) is 3.66. The lowest BCUT2D eigenvalue weighted by Crippen LogP contribution is -2.44. The van der Waals surface area contributed by atoms with Crippen molar-refractivity contribution < 1.29 is 14.3 Å². The Kier molecular flexibility index (Phi) is 3.84. The summed E-state index contributed by atoms with van der Waals surface area (Å²) in [6.07, 6.45) is 4.98. The summed E-state index contributed by atoms with van der Waals surface area (Å²) in [6.45, 7) is 7.94. The van der Waals surface area contributed by atoms with Gasteiger partial charge in [-0.2, -0.15) is 0 Å². The van der Waals surface area contributed by atoms with E-state index in [1.165, 1.54) is 0 Å². The summed E-state index contributed by atoms with van der Waals surface area (Å²) in [5.74, 6) is 0.890. The Labute approximate surface area is 115 Å². The summed E-state index contributed by atoms with van der Waals surface area (Å²) in [5, 5.41) is 0. The number of allylic oxidation sites excluding steroid dienone is 1. The molecule has 0 unspecified atom stereocenters. The van der Waals surface area contributed by atoms with Crippen molar-refractivity contribution in [1.82, 2.24) is 0 Å². The second-order valence-electron chi connectivity index (χ2n) is 6.40. The number of rotatable bonds is 2. The minimum absolute atomic E-state index is 0.0180. The number of carbonyl (C=O) groups is 2. The van der Waals surface area contributed by atoms with Crippen LogP contribution in [0.15, 0.2) is 11.6 Å². The summed E-state index contributed by atoms with van der Waals surface area (Å²) in [7, 11) is 0. The monoisotopic (exact) mass is 264 g/mol. The van der Waals surface area contributed by atoms with Crippen LogP contribution in [-0.2, 0) is 14.3 Å². The molecule has 3 nitrogen and oxygen atoms in total. The van der Waals surface area contributed by atoms with Crippen LogP contribution in [0.1, 0.15) is 53.4 Å². The van der Waals surface area contributed by atoms with Gasteiger partial charge in [-0.15, -0.1) is 0 Å². The van der Waals surface area contributed by atoms with Crippen LogP contribution in [0.4, 0.5) is 0 Å². The fraction of sp³-hybridized carbons (Fsp3) is 0.750. The Hall–Kier alpha value is -1.12. The molecule has 0 saturated heterocycles. The average Bonchev–Trinajstić information content (AvgIpc) is 2.68. The van der Waals surface area contributed by atoms with Crippen molar-refractivity contribution in [1.29, 1.82) is 0 Å². The minimum Gasteiger partial charge on any atom is -0.459 e. The topological polar surface area (TPSA) is 43.4 Å². The molecule has 0 heterocycles. The van der Waals surface area contributed by atoms with Crippen molar-refractivity contribution in [2.24, 2.45) is 17.3 Å². The van der Waals surface area contributed by atoms with Gasteiger partial charge < -0.3 is 4.74 Å². The normalized spacial score (nSPS) is 39.1. The van der Waals surface area contributed by atoms with Gasteiger partial charge in [-0.25, -0.2) is 4.79 Å². The third kappa shape index (κ3) is 2.47. The fourth-order valence-corrected chi connectivity index (χ4v) is 3.66. The molecule has 2 fully saturated rings. The number of esters is 1. The molecule has 0 aliphatic heterocycles. The zero-order valence-electron chi connectivity index (χ0n) is 12.4. The van der Waals surface area contributed by atoms with E-state index in [1.54, 1.807) is 13.0 Å². The molecule has 2 saturated carbocycles. The molecule has 0 amide bonds. The lowest BCUT2D eigenvalue weighted by Gasteiger charge is -2.45. The van der Waals surface area contributed by atoms with Gasteiger partial charge >= 0.3 is 5.97 Å². The van der Waals surface area contributed by atoms with E-state index in [4.69, 9.17) is 4.74 Å². The highest BCUT2D eigenvalue weighted by molar-refractivity contribution is 5.87. The molecule has 0 aromatic heterocycles. The second-order valence-corrected chi connectivity index (χ2v) is 6.40. The molecule has 0 N–H and O–H groups in total. The van der Waals surface area contributed by atoms with Gasteiger partial charge in [0.2, 0.25) is 0 Å². The summed E-state index contributed by atoms with van der Waals surface area (Å²) >= 11 is 0. The number of Topliss-reactive ketones (excluding diaryl/α,β-unsaturated/α-hetero) is 1. The van der Waals surface area contributed by atoms with Crippen LogP contribution in [0.3, 0.4) is 0 Å². The Balaban J connectivity index is 2.09. The van der Waals surface area contributed by atoms with Crippen molar-refractivity contribution in [2.75, 3.05) is 0 Å². The SMILES string of the molecule is C/C=C(/C)C(=O)O[C@H]1CC[C@@H]2CC(=O)C[C@]2(C)[C@H]1C. The van der Waals surface area contributed by atoms with Gasteiger partial charge in [-0.3, -0.25) is 4.79 Å². The molecule has 2 aliphatic carbocycles. The molecule has 3 heteroatoms. The van der Waals surface area contributed by atoms with Crippen molar-refractivity contribution in [2.45, 2.75) is 59.5 Å². The number of hydrogen-bond donors (Lipinski definition) is 0. The van der Waals surface area contributed by atoms with Crippen LogP contribution in [0.25, 0.3) is 0 Å². The first kappa shape index (κ1) is 14.3. The van der Waals surface area contributed by atoms with E-state index in [1.807, 2.05) is 6.92 Å². The van der Waals surface area contributed by atoms with E-state index in [0.717, 1.165) is 19.3 Å². The van der Waals surface area contributed by atoms with E-state index >= 15 is 0 Å². The van der Waals surface area contributed by atoms with E-state index < -0.39 is 0 Å². The molecule has 0 spiro atoms. The van der Waals surface area contributed by atoms with Crippen LogP contribution >= 0.6 is 0 Å². The molecule has 2 aliphatic rings. The number of hydrogen-bond acceptors (Lipinski definition) is 3. The van der Waals surface area contributed by atoms with Crippen molar-refractivity contribution in [3.63, 3.8) is 0 Å². The third-order valence-electron chi connectivity index (χ3n) is 5.40. The Morgan fingerprint density at radius 1 is 1.42 bits per heavy atom. The summed E-state index contributed by atoms with van der Waals surface area (Å²) in [6, 6.07) is 0. The smallest absolute Gasteiger partial charge is 0.333 e. The largest absolute Gasteiger partial charge is 0.459 e. The van der Waals surface area contributed by atoms with Crippen molar-refractivity contribution in [3.05, 3.63) is 11.6 Å². The number of ether oxygens (including phenoxy) is 1. The van der Waals surface area contributed by atoms with Crippen LogP contribution in [0.5, 0.6) is 0 Å². The Morgan fingerprint density at radius 3 is 2.74 bits per heavy atom. The van der Waals surface area contributed by atoms with E-state index in [9.17, 15) is 9.59 Å². The summed E-state index contributed by atoms with van der Waals surface area (Å²) in [5.41, 5.74) is 0.673. The quantitative estimate of drug-likeness (QED) is 0.568. The molecular formula is C16H24O3. The van der Waals surface area contributed by atoms with Crippen LogP contribution in [-0.4, -0.2) is 17.9 Å². The zero-order valence-corrected chi connectivity index (χ0v) is 12.4. The predicted molar refractivity (Wildman–Crippen MR) is 73.5 cm³/mol. The first-order valence-corrected chi connectivity index (χ1v) is 7.24. The van der Waals surface area contributed by atoms with Gasteiger partial charge in [0.05, 0.1) is 0 Å². The van der Waals surface area contributed by atoms with Gasteiger partial charge in [0.15, 0.2) is 0 Å². The van der Waals surface area contributed by atoms with Gasteiger partial charge in [0.25, 0.3) is 0 Å². The highest BCUT2D eigenvalue weighted by atomic mass is 16.5. The zero-order chi connectivity index (χ0) is 14.2. The standard InChI is InChI=1S/C16H24O3/c1-5-10(2)15(18)19-14-7-6-12-8-13(17)9-16(12,4)11(14)3/h5,11-12,14H,6-9H2,1-4H3/b10-5-/t11-,12+,14-,16+/m0/s1. The molecule has 106 valence electrons. The lowest BCUT2D eigenvalue weighted by atomic mass is 9.62. The summed E-state index contributed by atoms with van der Waals surface area (Å²) in [4.78, 5) is 23.6. The first-order valence-electron chi connectivity index (χ1n) is 7.24. The maximum Gasteiger partial charge on any atom is 0.333 e. The van der Waals surface area contributed by atoms with Gasteiger partial charge in [-0.05, 0) is 43.9 Å². The Bertz CT molecular complexity index is 424. The highest BCUT2D eigenvalue weighted by Gasteiger charge is 2.52. The van der Waals surface area contributed by atoms with Gasteiger partial charge in [0.1, 0.15) is 11.9 Å². The van der Waals surface area contributed by atoms with Crippen LogP contribution < -0.4 is 0 Å². The predicted octanol–water partition coefficient (Wildman–Crippen LogP) is 3.28. The van der Waals surface area contributed by atoms with Gasteiger partial charge in [0, 0.05) is 18.4 Å². The lowest BCUT2D eigenvalue weighted by molar-refractivity contribution is -0.154. The number of carbonyl (C=O) groups excluding carboxylic acids is 2. The van der Waals surface area contributed by atoms with Gasteiger partial charge in [-0.1, -0.05) is 19.9 Å². The molecule has 0 bridgehead atoms. The summed E-state index contributed by atoms with van der Waals surface area (Å²) < 4.78 is 5.65. The average molecular weight is 264 g/mol. The van der Waals surface area contributed by atoms with E-state index in [0.29, 0.717) is 23.7 Å². The molecule has 2 rings (SSSR count). The molecule has 19 heavy (non-hydrogen) atoms. The second kappa shape index (κ2) is 5.10. The number of ketones is 1. The van der Waals surface area contributed by atoms with Crippen molar-refractivity contribution >= 4 is 11.8 Å². The Morgan fingerprint density at radius 2 is 2.11 bits per heavy atom. The maximum absolute atomic E-state index is 11.9. The third-order valence-corrected chi connectivity index (χ3v) is 5.40. The molecule has 0 radical (unpaired) electrons. The van der Waals surface area contributed by atoms with E-state index in [2.05, 4.69) is 13.8 Å². The first-order chi connectivity index (χ1) is 8.88. The molecule has 0 aromatic rings. The minimum atomic E-state index is -0.217.